The average molecular weight is 288 g/mol. The number of hydrogen-bond acceptors (Lipinski definition) is 4. The van der Waals surface area contributed by atoms with E-state index >= 15 is 0 Å². The number of piperidine rings is 2. The molecule has 1 aromatic rings. The highest BCUT2D eigenvalue weighted by Gasteiger charge is 2.24. The van der Waals surface area contributed by atoms with Crippen molar-refractivity contribution in [1.82, 2.24) is 14.9 Å². The maximum Gasteiger partial charge on any atom is 0.272 e. The minimum absolute atomic E-state index is 0.0576. The lowest BCUT2D eigenvalue weighted by molar-refractivity contribution is 0.0677. The first-order valence-corrected chi connectivity index (χ1v) is 8.11. The van der Waals surface area contributed by atoms with Gasteiger partial charge in [0.15, 0.2) is 0 Å². The van der Waals surface area contributed by atoms with E-state index in [-0.39, 0.29) is 5.91 Å². The Morgan fingerprint density at radius 3 is 2.76 bits per heavy atom. The minimum atomic E-state index is 0.0576. The quantitative estimate of drug-likeness (QED) is 0.838. The summed E-state index contributed by atoms with van der Waals surface area (Å²) >= 11 is 0. The highest BCUT2D eigenvalue weighted by atomic mass is 16.2. The van der Waals surface area contributed by atoms with E-state index in [0.29, 0.717) is 17.6 Å². The van der Waals surface area contributed by atoms with Crippen molar-refractivity contribution < 1.29 is 4.79 Å². The second kappa shape index (κ2) is 6.41. The molecule has 0 radical (unpaired) electrons. The summed E-state index contributed by atoms with van der Waals surface area (Å²) in [7, 11) is 0. The van der Waals surface area contributed by atoms with Crippen molar-refractivity contribution in [2.24, 2.45) is 5.92 Å². The van der Waals surface area contributed by atoms with Crippen LogP contribution in [-0.4, -0.2) is 47.0 Å². The predicted molar refractivity (Wildman–Crippen MR) is 82.4 cm³/mol. The van der Waals surface area contributed by atoms with Crippen LogP contribution >= 0.6 is 0 Å². The number of anilines is 1. The standard InChI is InChI=1S/C16H24N4O/c1-13-6-5-11-20(12-13)15(21)14-7-8-17-16(18-14)19-9-3-2-4-10-19/h7-8,13H,2-6,9-12H2,1H3. The van der Waals surface area contributed by atoms with Gasteiger partial charge in [0.1, 0.15) is 5.69 Å². The number of rotatable bonds is 2. The first-order valence-electron chi connectivity index (χ1n) is 8.11. The zero-order valence-electron chi connectivity index (χ0n) is 12.8. The normalized spacial score (nSPS) is 23.2. The molecule has 0 aromatic carbocycles. The van der Waals surface area contributed by atoms with Crippen LogP contribution in [0.4, 0.5) is 5.95 Å². The molecule has 0 saturated carbocycles. The third-order valence-corrected chi connectivity index (χ3v) is 4.45. The summed E-state index contributed by atoms with van der Waals surface area (Å²) in [6.07, 6.45) is 7.68. The Morgan fingerprint density at radius 2 is 2.00 bits per heavy atom. The first kappa shape index (κ1) is 14.3. The van der Waals surface area contributed by atoms with Crippen LogP contribution in [-0.2, 0) is 0 Å². The zero-order valence-corrected chi connectivity index (χ0v) is 12.8. The lowest BCUT2D eigenvalue weighted by atomic mass is 10.00. The van der Waals surface area contributed by atoms with Gasteiger partial charge in [-0.15, -0.1) is 0 Å². The molecule has 3 rings (SSSR count). The Hall–Kier alpha value is -1.65. The van der Waals surface area contributed by atoms with E-state index in [1.807, 2.05) is 4.90 Å². The van der Waals surface area contributed by atoms with Crippen molar-refractivity contribution in [3.63, 3.8) is 0 Å². The number of aromatic nitrogens is 2. The van der Waals surface area contributed by atoms with Crippen molar-refractivity contribution in [2.75, 3.05) is 31.1 Å². The molecule has 0 spiro atoms. The van der Waals surface area contributed by atoms with Crippen LogP contribution in [0.2, 0.25) is 0 Å². The van der Waals surface area contributed by atoms with Crippen LogP contribution in [0.1, 0.15) is 49.5 Å². The van der Waals surface area contributed by atoms with Gasteiger partial charge in [0.2, 0.25) is 5.95 Å². The molecule has 0 N–H and O–H groups in total. The third kappa shape index (κ3) is 3.34. The van der Waals surface area contributed by atoms with Crippen molar-refractivity contribution in [2.45, 2.75) is 39.0 Å². The van der Waals surface area contributed by atoms with Crippen LogP contribution in [0.5, 0.6) is 0 Å². The second-order valence-electron chi connectivity index (χ2n) is 6.29. The summed E-state index contributed by atoms with van der Waals surface area (Å²) in [4.78, 5) is 25.6. The molecule has 0 bridgehead atoms. The molecule has 1 atom stereocenters. The monoisotopic (exact) mass is 288 g/mol. The highest BCUT2D eigenvalue weighted by molar-refractivity contribution is 5.92. The van der Waals surface area contributed by atoms with Gasteiger partial charge in [-0.25, -0.2) is 9.97 Å². The summed E-state index contributed by atoms with van der Waals surface area (Å²) < 4.78 is 0. The molecular weight excluding hydrogens is 264 g/mol. The SMILES string of the molecule is CC1CCCN(C(=O)c2ccnc(N3CCCCC3)n2)C1. The fraction of sp³-hybridized carbons (Fsp3) is 0.688. The van der Waals surface area contributed by atoms with Gasteiger partial charge in [-0.05, 0) is 44.1 Å². The van der Waals surface area contributed by atoms with Gasteiger partial charge in [-0.2, -0.15) is 0 Å². The van der Waals surface area contributed by atoms with Gasteiger partial charge in [0.25, 0.3) is 5.91 Å². The fourth-order valence-corrected chi connectivity index (χ4v) is 3.25. The number of likely N-dealkylation sites (tertiary alicyclic amines) is 1. The van der Waals surface area contributed by atoms with Crippen LogP contribution in [0, 0.1) is 5.92 Å². The molecular formula is C16H24N4O. The third-order valence-electron chi connectivity index (χ3n) is 4.45. The second-order valence-corrected chi connectivity index (χ2v) is 6.29. The highest BCUT2D eigenvalue weighted by Crippen LogP contribution is 2.19. The Bertz CT molecular complexity index is 499. The summed E-state index contributed by atoms with van der Waals surface area (Å²) in [6, 6.07) is 1.75. The van der Waals surface area contributed by atoms with Gasteiger partial charge in [-0.3, -0.25) is 4.79 Å². The number of nitrogens with zero attached hydrogens (tertiary/aromatic N) is 4. The van der Waals surface area contributed by atoms with Crippen LogP contribution in [0.15, 0.2) is 12.3 Å². The predicted octanol–water partition coefficient (Wildman–Crippen LogP) is 2.34. The fourth-order valence-electron chi connectivity index (χ4n) is 3.25. The first-order chi connectivity index (χ1) is 10.2. The summed E-state index contributed by atoms with van der Waals surface area (Å²) in [6.45, 7) is 5.91. The van der Waals surface area contributed by atoms with E-state index in [4.69, 9.17) is 0 Å². The Labute approximate surface area is 126 Å². The lowest BCUT2D eigenvalue weighted by Gasteiger charge is -2.31. The lowest BCUT2D eigenvalue weighted by Crippen LogP contribution is -2.39. The maximum absolute atomic E-state index is 12.6. The summed E-state index contributed by atoms with van der Waals surface area (Å²) in [5.41, 5.74) is 0.541. The number of hydrogen-bond donors (Lipinski definition) is 0. The van der Waals surface area contributed by atoms with Gasteiger partial charge < -0.3 is 9.80 Å². The van der Waals surface area contributed by atoms with Crippen LogP contribution in [0.25, 0.3) is 0 Å². The van der Waals surface area contributed by atoms with E-state index in [1.165, 1.54) is 25.7 Å². The van der Waals surface area contributed by atoms with Crippen LogP contribution in [0.3, 0.4) is 0 Å². The molecule has 2 aliphatic heterocycles. The van der Waals surface area contributed by atoms with Gasteiger partial charge >= 0.3 is 0 Å². The van der Waals surface area contributed by atoms with E-state index in [0.717, 1.165) is 32.6 Å². The minimum Gasteiger partial charge on any atom is -0.341 e. The van der Waals surface area contributed by atoms with E-state index in [9.17, 15) is 4.79 Å². The largest absolute Gasteiger partial charge is 0.341 e. The number of carbonyl (C=O) groups is 1. The van der Waals surface area contributed by atoms with E-state index in [1.54, 1.807) is 12.3 Å². The molecule has 1 aromatic heterocycles. The van der Waals surface area contributed by atoms with E-state index in [2.05, 4.69) is 21.8 Å². The summed E-state index contributed by atoms with van der Waals surface area (Å²) in [5.74, 6) is 1.36. The molecule has 2 fully saturated rings. The maximum atomic E-state index is 12.6. The number of carbonyl (C=O) groups excluding carboxylic acids is 1. The molecule has 0 aliphatic carbocycles. The molecule has 3 heterocycles. The van der Waals surface area contributed by atoms with E-state index < -0.39 is 0 Å². The molecule has 21 heavy (non-hydrogen) atoms. The molecule has 5 nitrogen and oxygen atoms in total. The zero-order chi connectivity index (χ0) is 14.7. The molecule has 114 valence electrons. The van der Waals surface area contributed by atoms with Crippen molar-refractivity contribution >= 4 is 11.9 Å². The smallest absolute Gasteiger partial charge is 0.272 e. The van der Waals surface area contributed by atoms with Crippen molar-refractivity contribution in [3.05, 3.63) is 18.0 Å². The van der Waals surface area contributed by atoms with Gasteiger partial charge in [0.05, 0.1) is 0 Å². The Balaban J connectivity index is 1.74. The Morgan fingerprint density at radius 1 is 1.19 bits per heavy atom. The van der Waals surface area contributed by atoms with Crippen molar-refractivity contribution in [1.29, 1.82) is 0 Å². The molecule has 5 heteroatoms. The molecule has 2 saturated heterocycles. The topological polar surface area (TPSA) is 49.3 Å². The average Bonchev–Trinajstić information content (AvgIpc) is 2.55. The Kier molecular flexibility index (Phi) is 4.36. The summed E-state index contributed by atoms with van der Waals surface area (Å²) in [5, 5.41) is 0. The molecule has 1 amide bonds. The van der Waals surface area contributed by atoms with Crippen molar-refractivity contribution in [3.8, 4) is 0 Å². The molecule has 2 aliphatic rings. The number of amides is 1. The van der Waals surface area contributed by atoms with Gasteiger partial charge in [0, 0.05) is 32.4 Å². The van der Waals surface area contributed by atoms with Crippen LogP contribution < -0.4 is 4.90 Å². The molecule has 1 unspecified atom stereocenters. The van der Waals surface area contributed by atoms with Gasteiger partial charge in [-0.1, -0.05) is 6.92 Å².